The van der Waals surface area contributed by atoms with E-state index in [9.17, 15) is 14.4 Å². The largest absolute Gasteiger partial charge is 0.492 e. The summed E-state index contributed by atoms with van der Waals surface area (Å²) in [6.45, 7) is 3.84. The predicted octanol–water partition coefficient (Wildman–Crippen LogP) is 1.42. The van der Waals surface area contributed by atoms with Crippen molar-refractivity contribution in [3.8, 4) is 5.75 Å². The van der Waals surface area contributed by atoms with Gasteiger partial charge >= 0.3 is 6.03 Å². The van der Waals surface area contributed by atoms with Gasteiger partial charge in [-0.25, -0.2) is 4.79 Å². The lowest BCUT2D eigenvalue weighted by atomic mass is 9.92. The fourth-order valence-corrected chi connectivity index (χ4v) is 2.20. The first-order valence-corrected chi connectivity index (χ1v) is 6.84. The number of imide groups is 2. The maximum Gasteiger partial charge on any atom is 0.330 e. The lowest BCUT2D eigenvalue weighted by Gasteiger charge is -2.31. The fourth-order valence-electron chi connectivity index (χ4n) is 2.20. The van der Waals surface area contributed by atoms with E-state index in [1.54, 1.807) is 26.0 Å². The van der Waals surface area contributed by atoms with Crippen LogP contribution in [-0.4, -0.2) is 35.9 Å². The van der Waals surface area contributed by atoms with Gasteiger partial charge in [0.05, 0.1) is 6.54 Å². The molecule has 0 bridgehead atoms. The Morgan fingerprint density at radius 1 is 1.19 bits per heavy atom. The van der Waals surface area contributed by atoms with Gasteiger partial charge < -0.3 is 4.74 Å². The van der Waals surface area contributed by atoms with Gasteiger partial charge in [-0.05, 0) is 18.1 Å². The van der Waals surface area contributed by atoms with Gasteiger partial charge in [0.2, 0.25) is 11.8 Å². The van der Waals surface area contributed by atoms with Gasteiger partial charge in [-0.3, -0.25) is 19.8 Å². The highest BCUT2D eigenvalue weighted by Crippen LogP contribution is 2.18. The summed E-state index contributed by atoms with van der Waals surface area (Å²) < 4.78 is 5.47. The fraction of sp³-hybridized carbons (Fsp3) is 0.400. The molecule has 1 N–H and O–H groups in total. The number of barbiturate groups is 1. The number of nitrogens with one attached hydrogen (secondary N) is 1. The molecule has 0 radical (unpaired) electrons. The molecular weight excluding hydrogens is 272 g/mol. The molecular formula is C15H18N2O4. The second-order valence-corrected chi connectivity index (χ2v) is 5.17. The molecule has 1 atom stereocenters. The van der Waals surface area contributed by atoms with E-state index in [1.165, 1.54) is 0 Å². The van der Waals surface area contributed by atoms with Crippen LogP contribution in [0.2, 0.25) is 0 Å². The van der Waals surface area contributed by atoms with E-state index in [1.807, 2.05) is 18.2 Å². The molecule has 1 heterocycles. The SMILES string of the molecule is CC(C)C1C(=O)NC(=O)N(CCOc2ccccc2)C1=O. The van der Waals surface area contributed by atoms with Gasteiger partial charge in [0.1, 0.15) is 18.3 Å². The Balaban J connectivity index is 1.96. The van der Waals surface area contributed by atoms with Gasteiger partial charge in [-0.15, -0.1) is 0 Å². The molecule has 0 spiro atoms. The number of hydrogen-bond acceptors (Lipinski definition) is 4. The van der Waals surface area contributed by atoms with Crippen LogP contribution in [0.5, 0.6) is 5.75 Å². The van der Waals surface area contributed by atoms with Crippen LogP contribution in [0, 0.1) is 11.8 Å². The van der Waals surface area contributed by atoms with E-state index >= 15 is 0 Å². The summed E-state index contributed by atoms with van der Waals surface area (Å²) in [6.07, 6.45) is 0. The summed E-state index contributed by atoms with van der Waals surface area (Å²) in [5, 5.41) is 2.21. The quantitative estimate of drug-likeness (QED) is 0.832. The molecule has 1 fully saturated rings. The van der Waals surface area contributed by atoms with Crippen LogP contribution in [0.3, 0.4) is 0 Å². The minimum absolute atomic E-state index is 0.107. The molecule has 4 amide bonds. The summed E-state index contributed by atoms with van der Waals surface area (Å²) in [4.78, 5) is 36.7. The van der Waals surface area contributed by atoms with E-state index in [4.69, 9.17) is 4.74 Å². The van der Waals surface area contributed by atoms with E-state index < -0.39 is 23.8 Å². The zero-order valence-electron chi connectivity index (χ0n) is 12.0. The van der Waals surface area contributed by atoms with Gasteiger partial charge in [0.25, 0.3) is 0 Å². The third kappa shape index (κ3) is 3.39. The van der Waals surface area contributed by atoms with Crippen LogP contribution in [0.1, 0.15) is 13.8 Å². The van der Waals surface area contributed by atoms with Crippen molar-refractivity contribution in [3.63, 3.8) is 0 Å². The average Bonchev–Trinajstić information content (AvgIpc) is 2.42. The molecule has 0 saturated carbocycles. The molecule has 1 aromatic rings. The molecule has 1 unspecified atom stereocenters. The zero-order chi connectivity index (χ0) is 15.4. The van der Waals surface area contributed by atoms with Crippen LogP contribution in [-0.2, 0) is 9.59 Å². The van der Waals surface area contributed by atoms with Gasteiger partial charge in [-0.1, -0.05) is 32.0 Å². The van der Waals surface area contributed by atoms with Crippen molar-refractivity contribution in [3.05, 3.63) is 30.3 Å². The molecule has 6 nitrogen and oxygen atoms in total. The maximum atomic E-state index is 12.2. The molecule has 1 aliphatic rings. The number of para-hydroxylation sites is 1. The van der Waals surface area contributed by atoms with E-state index in [2.05, 4.69) is 5.32 Å². The molecule has 112 valence electrons. The molecule has 1 saturated heterocycles. The first-order valence-electron chi connectivity index (χ1n) is 6.84. The van der Waals surface area contributed by atoms with Crippen molar-refractivity contribution in [2.75, 3.05) is 13.2 Å². The summed E-state index contributed by atoms with van der Waals surface area (Å²) in [6, 6.07) is 8.44. The first kappa shape index (κ1) is 15.0. The average molecular weight is 290 g/mol. The smallest absolute Gasteiger partial charge is 0.330 e. The highest BCUT2D eigenvalue weighted by Gasteiger charge is 2.41. The summed E-state index contributed by atoms with van der Waals surface area (Å²) in [5.41, 5.74) is 0. The van der Waals surface area contributed by atoms with Crippen molar-refractivity contribution in [2.24, 2.45) is 11.8 Å². The molecule has 1 aliphatic heterocycles. The Morgan fingerprint density at radius 2 is 1.86 bits per heavy atom. The Hall–Kier alpha value is -2.37. The second kappa shape index (κ2) is 6.39. The van der Waals surface area contributed by atoms with Crippen LogP contribution in [0.4, 0.5) is 4.79 Å². The van der Waals surface area contributed by atoms with Crippen molar-refractivity contribution >= 4 is 17.8 Å². The number of hydrogen-bond donors (Lipinski definition) is 1. The van der Waals surface area contributed by atoms with Crippen molar-refractivity contribution in [1.29, 1.82) is 0 Å². The van der Waals surface area contributed by atoms with Crippen molar-refractivity contribution in [1.82, 2.24) is 10.2 Å². The van der Waals surface area contributed by atoms with Gasteiger partial charge in [0, 0.05) is 0 Å². The van der Waals surface area contributed by atoms with Crippen LogP contribution < -0.4 is 10.1 Å². The lowest BCUT2D eigenvalue weighted by molar-refractivity contribution is -0.144. The lowest BCUT2D eigenvalue weighted by Crippen LogP contribution is -2.59. The Bertz CT molecular complexity index is 542. The number of carbonyl (C=O) groups is 3. The molecule has 21 heavy (non-hydrogen) atoms. The maximum absolute atomic E-state index is 12.2. The first-order chi connectivity index (χ1) is 10.0. The number of carbonyl (C=O) groups excluding carboxylic acids is 3. The van der Waals surface area contributed by atoms with E-state index in [0.29, 0.717) is 5.75 Å². The summed E-state index contributed by atoms with van der Waals surface area (Å²) in [5.74, 6) is -1.31. The third-order valence-electron chi connectivity index (χ3n) is 3.28. The highest BCUT2D eigenvalue weighted by atomic mass is 16.5. The van der Waals surface area contributed by atoms with Crippen molar-refractivity contribution in [2.45, 2.75) is 13.8 Å². The minimum atomic E-state index is -0.820. The normalized spacial score (nSPS) is 18.9. The second-order valence-electron chi connectivity index (χ2n) is 5.17. The molecule has 1 aromatic carbocycles. The standard InChI is InChI=1S/C15H18N2O4/c1-10(2)12-13(18)16-15(20)17(14(12)19)8-9-21-11-6-4-3-5-7-11/h3-7,10,12H,8-9H2,1-2H3,(H,16,18,20). The number of urea groups is 1. The number of nitrogens with zero attached hydrogens (tertiary/aromatic N) is 1. The highest BCUT2D eigenvalue weighted by molar-refractivity contribution is 6.16. The molecule has 0 aliphatic carbocycles. The Labute approximate surface area is 123 Å². The van der Waals surface area contributed by atoms with Gasteiger partial charge in [0.15, 0.2) is 0 Å². The molecule has 2 rings (SSSR count). The third-order valence-corrected chi connectivity index (χ3v) is 3.28. The number of ether oxygens (including phenoxy) is 1. The van der Waals surface area contributed by atoms with E-state index in [-0.39, 0.29) is 19.1 Å². The van der Waals surface area contributed by atoms with Crippen LogP contribution in [0.25, 0.3) is 0 Å². The van der Waals surface area contributed by atoms with Crippen LogP contribution >= 0.6 is 0 Å². The van der Waals surface area contributed by atoms with Crippen molar-refractivity contribution < 1.29 is 19.1 Å². The number of benzene rings is 1. The predicted molar refractivity (Wildman–Crippen MR) is 75.5 cm³/mol. The summed E-state index contributed by atoms with van der Waals surface area (Å²) in [7, 11) is 0. The summed E-state index contributed by atoms with van der Waals surface area (Å²) >= 11 is 0. The number of rotatable bonds is 5. The Kier molecular flexibility index (Phi) is 4.57. The number of amides is 4. The topological polar surface area (TPSA) is 75.7 Å². The Morgan fingerprint density at radius 3 is 2.48 bits per heavy atom. The van der Waals surface area contributed by atoms with Gasteiger partial charge in [-0.2, -0.15) is 0 Å². The van der Waals surface area contributed by atoms with E-state index in [0.717, 1.165) is 4.90 Å². The monoisotopic (exact) mass is 290 g/mol. The molecule has 6 heteroatoms. The zero-order valence-corrected chi connectivity index (χ0v) is 12.0. The minimum Gasteiger partial charge on any atom is -0.492 e. The molecule has 0 aromatic heterocycles. The van der Waals surface area contributed by atoms with Crippen LogP contribution in [0.15, 0.2) is 30.3 Å².